The minimum absolute atomic E-state index is 0. The summed E-state index contributed by atoms with van der Waals surface area (Å²) in [6.07, 6.45) is 0. The van der Waals surface area contributed by atoms with E-state index < -0.39 is 6.04 Å². The molecule has 1 heterocycles. The average molecular weight is 342 g/mol. The van der Waals surface area contributed by atoms with Crippen molar-refractivity contribution < 1.29 is 4.79 Å². The Labute approximate surface area is 121 Å². The van der Waals surface area contributed by atoms with Crippen LogP contribution < -0.4 is 5.73 Å². The Balaban J connectivity index is 0.00000256. The normalized spacial score (nSPS) is 12.1. The monoisotopic (exact) mass is 340 g/mol. The number of hydrogen-bond donors (Lipinski definition) is 1. The number of carbonyl (C=O) groups excluding carboxylic acids is 1. The summed E-state index contributed by atoms with van der Waals surface area (Å²) in [5.41, 5.74) is 5.82. The topological polar surface area (TPSA) is 46.3 Å². The van der Waals surface area contributed by atoms with Gasteiger partial charge >= 0.3 is 0 Å². The zero-order valence-electron chi connectivity index (χ0n) is 10.1. The van der Waals surface area contributed by atoms with Crippen LogP contribution in [0.25, 0.3) is 0 Å². The molecule has 1 aromatic rings. The van der Waals surface area contributed by atoms with E-state index in [0.29, 0.717) is 6.54 Å². The van der Waals surface area contributed by atoms with Crippen molar-refractivity contribution in [1.29, 1.82) is 0 Å². The van der Waals surface area contributed by atoms with E-state index in [2.05, 4.69) is 15.9 Å². The molecule has 98 valence electrons. The molecular weight excluding hydrogens is 324 g/mol. The molecule has 1 unspecified atom stereocenters. The summed E-state index contributed by atoms with van der Waals surface area (Å²) in [5, 5.41) is 2.01. The van der Waals surface area contributed by atoms with E-state index in [0.717, 1.165) is 9.35 Å². The van der Waals surface area contributed by atoms with E-state index in [9.17, 15) is 4.79 Å². The first kappa shape index (κ1) is 16.9. The highest BCUT2D eigenvalue weighted by molar-refractivity contribution is 9.10. The Morgan fingerprint density at radius 1 is 1.59 bits per heavy atom. The molecule has 0 aliphatic rings. The van der Waals surface area contributed by atoms with Crippen LogP contribution >= 0.6 is 39.7 Å². The van der Waals surface area contributed by atoms with E-state index in [1.54, 1.807) is 23.3 Å². The Morgan fingerprint density at radius 3 is 2.59 bits per heavy atom. The minimum Gasteiger partial charge on any atom is -0.339 e. The molecule has 1 atom stereocenters. The fourth-order valence-electron chi connectivity index (χ4n) is 1.29. The molecule has 0 radical (unpaired) electrons. The molecule has 1 amide bonds. The molecule has 0 saturated carbocycles. The Bertz CT molecular complexity index is 370. The van der Waals surface area contributed by atoms with Crippen molar-refractivity contribution in [2.75, 3.05) is 7.05 Å². The molecule has 6 heteroatoms. The van der Waals surface area contributed by atoms with Gasteiger partial charge in [0.05, 0.1) is 12.6 Å². The van der Waals surface area contributed by atoms with Gasteiger partial charge in [0.2, 0.25) is 5.91 Å². The summed E-state index contributed by atoms with van der Waals surface area (Å²) >= 11 is 5.03. The highest BCUT2D eigenvalue weighted by Gasteiger charge is 2.21. The largest absolute Gasteiger partial charge is 0.339 e. The number of amides is 1. The van der Waals surface area contributed by atoms with Crippen LogP contribution in [0.15, 0.2) is 15.9 Å². The molecule has 1 aromatic heterocycles. The van der Waals surface area contributed by atoms with Crippen LogP contribution in [0.4, 0.5) is 0 Å². The number of carbonyl (C=O) groups is 1. The number of thiophene rings is 1. The van der Waals surface area contributed by atoms with Gasteiger partial charge in [-0.15, -0.1) is 23.7 Å². The first-order valence-electron chi connectivity index (χ1n) is 5.15. The first-order valence-corrected chi connectivity index (χ1v) is 6.82. The second kappa shape index (κ2) is 7.36. The van der Waals surface area contributed by atoms with E-state index in [-0.39, 0.29) is 24.2 Å². The minimum atomic E-state index is -0.409. The number of hydrogen-bond acceptors (Lipinski definition) is 3. The van der Waals surface area contributed by atoms with Gasteiger partial charge in [0, 0.05) is 21.8 Å². The summed E-state index contributed by atoms with van der Waals surface area (Å²) in [7, 11) is 1.79. The average Bonchev–Trinajstić information content (AvgIpc) is 2.61. The molecular formula is C11H18BrClN2OS. The van der Waals surface area contributed by atoms with Crippen LogP contribution in [-0.2, 0) is 11.3 Å². The third kappa shape index (κ3) is 4.95. The molecule has 1 rings (SSSR count). The van der Waals surface area contributed by atoms with Crippen LogP contribution in [0.2, 0.25) is 0 Å². The molecule has 0 saturated heterocycles. The maximum Gasteiger partial charge on any atom is 0.239 e. The molecule has 0 aromatic carbocycles. The lowest BCUT2D eigenvalue weighted by Gasteiger charge is -2.22. The van der Waals surface area contributed by atoms with Crippen LogP contribution in [0.1, 0.15) is 18.7 Å². The highest BCUT2D eigenvalue weighted by Crippen LogP contribution is 2.21. The van der Waals surface area contributed by atoms with Crippen LogP contribution in [0.3, 0.4) is 0 Å². The third-order valence-corrected chi connectivity index (χ3v) is 4.08. The lowest BCUT2D eigenvalue weighted by molar-refractivity contribution is -0.132. The van der Waals surface area contributed by atoms with Crippen molar-refractivity contribution >= 4 is 45.6 Å². The second-order valence-corrected chi connectivity index (χ2v) is 6.11. The predicted molar refractivity (Wildman–Crippen MR) is 78.6 cm³/mol. The number of likely N-dealkylation sites (N-methyl/N-ethyl adjacent to an activating group) is 1. The smallest absolute Gasteiger partial charge is 0.239 e. The summed E-state index contributed by atoms with van der Waals surface area (Å²) in [6, 6.07) is 1.61. The third-order valence-electron chi connectivity index (χ3n) is 2.39. The van der Waals surface area contributed by atoms with Crippen molar-refractivity contribution in [3.05, 3.63) is 20.8 Å². The van der Waals surface area contributed by atoms with Crippen molar-refractivity contribution in [2.24, 2.45) is 11.7 Å². The Morgan fingerprint density at radius 2 is 2.18 bits per heavy atom. The van der Waals surface area contributed by atoms with Crippen molar-refractivity contribution in [2.45, 2.75) is 26.4 Å². The fourth-order valence-corrected chi connectivity index (χ4v) is 2.79. The van der Waals surface area contributed by atoms with Gasteiger partial charge < -0.3 is 10.6 Å². The molecule has 3 nitrogen and oxygen atoms in total. The van der Waals surface area contributed by atoms with Crippen LogP contribution in [-0.4, -0.2) is 23.9 Å². The molecule has 0 fully saturated rings. The van der Waals surface area contributed by atoms with Crippen LogP contribution in [0, 0.1) is 5.92 Å². The molecule has 0 aliphatic carbocycles. The summed E-state index contributed by atoms with van der Waals surface area (Å²) < 4.78 is 1.06. The predicted octanol–water partition coefficient (Wildman–Crippen LogP) is 2.87. The second-order valence-electron chi connectivity index (χ2n) is 4.20. The van der Waals surface area contributed by atoms with Crippen molar-refractivity contribution in [3.63, 3.8) is 0 Å². The number of nitrogens with two attached hydrogens (primary N) is 1. The van der Waals surface area contributed by atoms with E-state index in [4.69, 9.17) is 5.73 Å². The van der Waals surface area contributed by atoms with Gasteiger partial charge in [0.1, 0.15) is 0 Å². The van der Waals surface area contributed by atoms with Crippen molar-refractivity contribution in [3.8, 4) is 0 Å². The van der Waals surface area contributed by atoms with Gasteiger partial charge in [0.25, 0.3) is 0 Å². The lowest BCUT2D eigenvalue weighted by atomic mass is 10.0. The zero-order valence-corrected chi connectivity index (χ0v) is 13.4. The quantitative estimate of drug-likeness (QED) is 0.915. The molecule has 17 heavy (non-hydrogen) atoms. The summed E-state index contributed by atoms with van der Waals surface area (Å²) in [6.45, 7) is 4.53. The van der Waals surface area contributed by atoms with Gasteiger partial charge in [-0.2, -0.15) is 0 Å². The SMILES string of the molecule is CC(C)C(N)C(=O)N(C)Cc1cc(Br)cs1.Cl. The Kier molecular flexibility index (Phi) is 7.32. The van der Waals surface area contributed by atoms with Gasteiger partial charge in [-0.1, -0.05) is 13.8 Å². The first-order chi connectivity index (χ1) is 7.41. The van der Waals surface area contributed by atoms with Gasteiger partial charge in [0.15, 0.2) is 0 Å². The number of rotatable bonds is 4. The Hall–Kier alpha value is -0.100. The summed E-state index contributed by atoms with van der Waals surface area (Å²) in [4.78, 5) is 14.7. The summed E-state index contributed by atoms with van der Waals surface area (Å²) in [5.74, 6) is 0.171. The van der Waals surface area contributed by atoms with Gasteiger partial charge in [-0.25, -0.2) is 0 Å². The lowest BCUT2D eigenvalue weighted by Crippen LogP contribution is -2.44. The van der Waals surface area contributed by atoms with Gasteiger partial charge in [-0.3, -0.25) is 4.79 Å². The zero-order chi connectivity index (χ0) is 12.3. The highest BCUT2D eigenvalue weighted by atomic mass is 79.9. The number of halogens is 2. The van der Waals surface area contributed by atoms with E-state index in [1.807, 2.05) is 25.3 Å². The van der Waals surface area contributed by atoms with Gasteiger partial charge in [-0.05, 0) is 27.9 Å². The standard InChI is InChI=1S/C11H17BrN2OS.ClH/c1-7(2)10(13)11(15)14(3)5-9-4-8(12)6-16-9;/h4,6-7,10H,5,13H2,1-3H3;1H. The maximum absolute atomic E-state index is 11.9. The van der Waals surface area contributed by atoms with E-state index >= 15 is 0 Å². The molecule has 0 aliphatic heterocycles. The van der Waals surface area contributed by atoms with E-state index in [1.165, 1.54) is 0 Å². The maximum atomic E-state index is 11.9. The molecule has 2 N–H and O–H groups in total. The number of nitrogens with zero attached hydrogens (tertiary/aromatic N) is 1. The molecule has 0 bridgehead atoms. The van der Waals surface area contributed by atoms with Crippen LogP contribution in [0.5, 0.6) is 0 Å². The fraction of sp³-hybridized carbons (Fsp3) is 0.545. The van der Waals surface area contributed by atoms with Crippen molar-refractivity contribution in [1.82, 2.24) is 4.90 Å². The molecule has 0 spiro atoms.